The molecule has 2 aromatic carbocycles. The molecule has 0 amide bonds. The van der Waals surface area contributed by atoms with Crippen LogP contribution in [0.2, 0.25) is 0 Å². The zero-order chi connectivity index (χ0) is 17.2. The number of rotatable bonds is 8. The molecule has 0 aliphatic rings. The molecule has 2 aromatic rings. The summed E-state index contributed by atoms with van der Waals surface area (Å²) in [6.07, 6.45) is 3.92. The summed E-state index contributed by atoms with van der Waals surface area (Å²) in [7, 11) is 1.28. The number of carbonyl (C=O) groups is 2. The number of ether oxygens (including phenoxy) is 1. The van der Waals surface area contributed by atoms with Crippen LogP contribution in [0.5, 0.6) is 0 Å². The Hall–Kier alpha value is -2.88. The Morgan fingerprint density at radius 1 is 1.04 bits per heavy atom. The normalized spacial score (nSPS) is 11.9. The number of para-hydroxylation sites is 1. The number of benzene rings is 2. The third-order valence-electron chi connectivity index (χ3n) is 3.46. The van der Waals surface area contributed by atoms with Crippen LogP contribution in [0, 0.1) is 0 Å². The lowest BCUT2D eigenvalue weighted by molar-refractivity contribution is -0.143. The van der Waals surface area contributed by atoms with Gasteiger partial charge in [0, 0.05) is 12.1 Å². The first kappa shape index (κ1) is 17.5. The molecular weight excluding hydrogens is 302 g/mol. The lowest BCUT2D eigenvalue weighted by Gasteiger charge is -2.16. The second-order valence-corrected chi connectivity index (χ2v) is 5.38. The molecule has 2 rings (SSSR count). The standard InChI is InChI=1S/C20H21NO3/c1-24-20(23)15-19(22)14-18(21-17-10-6-3-7-11-17)13-12-16-8-4-2-5-9-16/h2-13,18,21H,14-15H2,1H3/b13-12+. The lowest BCUT2D eigenvalue weighted by Crippen LogP contribution is -2.22. The Kier molecular flexibility index (Phi) is 6.77. The van der Waals surface area contributed by atoms with Gasteiger partial charge >= 0.3 is 5.97 Å². The highest BCUT2D eigenvalue weighted by Crippen LogP contribution is 2.13. The molecule has 0 aliphatic heterocycles. The van der Waals surface area contributed by atoms with Crippen molar-refractivity contribution >= 4 is 23.5 Å². The van der Waals surface area contributed by atoms with E-state index >= 15 is 0 Å². The third-order valence-corrected chi connectivity index (χ3v) is 3.46. The zero-order valence-electron chi connectivity index (χ0n) is 13.6. The predicted octanol–water partition coefficient (Wildman–Crippen LogP) is 3.70. The van der Waals surface area contributed by atoms with Crippen LogP contribution >= 0.6 is 0 Å². The van der Waals surface area contributed by atoms with Crippen LogP contribution in [-0.2, 0) is 14.3 Å². The summed E-state index contributed by atoms with van der Waals surface area (Å²) >= 11 is 0. The number of methoxy groups -OCH3 is 1. The molecular formula is C20H21NO3. The fourth-order valence-electron chi connectivity index (χ4n) is 2.26. The van der Waals surface area contributed by atoms with Crippen LogP contribution in [0.3, 0.4) is 0 Å². The van der Waals surface area contributed by atoms with Crippen LogP contribution < -0.4 is 5.32 Å². The van der Waals surface area contributed by atoms with Crippen molar-refractivity contribution in [3.8, 4) is 0 Å². The van der Waals surface area contributed by atoms with E-state index in [0.717, 1.165) is 11.3 Å². The molecule has 0 radical (unpaired) electrons. The monoisotopic (exact) mass is 323 g/mol. The van der Waals surface area contributed by atoms with Crippen molar-refractivity contribution in [2.75, 3.05) is 12.4 Å². The van der Waals surface area contributed by atoms with Crippen molar-refractivity contribution in [3.05, 3.63) is 72.3 Å². The van der Waals surface area contributed by atoms with Crippen LogP contribution in [-0.4, -0.2) is 24.9 Å². The summed E-state index contributed by atoms with van der Waals surface area (Å²) in [5, 5.41) is 3.31. The van der Waals surface area contributed by atoms with Crippen molar-refractivity contribution in [2.24, 2.45) is 0 Å². The summed E-state index contributed by atoms with van der Waals surface area (Å²) in [6, 6.07) is 19.3. The summed E-state index contributed by atoms with van der Waals surface area (Å²) in [5.74, 6) is -0.668. The minimum atomic E-state index is -0.509. The van der Waals surface area contributed by atoms with Gasteiger partial charge in [-0.3, -0.25) is 9.59 Å². The van der Waals surface area contributed by atoms with E-state index in [2.05, 4.69) is 10.1 Å². The average molecular weight is 323 g/mol. The Bertz CT molecular complexity index is 681. The Morgan fingerprint density at radius 2 is 1.67 bits per heavy atom. The van der Waals surface area contributed by atoms with Crippen LogP contribution in [0.25, 0.3) is 6.08 Å². The summed E-state index contributed by atoms with van der Waals surface area (Å²) < 4.78 is 4.55. The van der Waals surface area contributed by atoms with Gasteiger partial charge < -0.3 is 10.1 Å². The van der Waals surface area contributed by atoms with Gasteiger partial charge in [0.25, 0.3) is 0 Å². The molecule has 0 aromatic heterocycles. The number of hydrogen-bond donors (Lipinski definition) is 1. The summed E-state index contributed by atoms with van der Waals surface area (Å²) in [4.78, 5) is 23.3. The minimum absolute atomic E-state index is 0.159. The highest BCUT2D eigenvalue weighted by molar-refractivity contribution is 5.96. The number of carbonyl (C=O) groups excluding carboxylic acids is 2. The molecule has 1 atom stereocenters. The smallest absolute Gasteiger partial charge is 0.313 e. The van der Waals surface area contributed by atoms with Gasteiger partial charge in [0.15, 0.2) is 0 Å². The quantitative estimate of drug-likeness (QED) is 0.594. The Morgan fingerprint density at radius 3 is 2.29 bits per heavy atom. The van der Waals surface area contributed by atoms with Gasteiger partial charge in [-0.2, -0.15) is 0 Å². The number of nitrogens with one attached hydrogen (secondary N) is 1. The number of ketones is 1. The Balaban J connectivity index is 2.07. The predicted molar refractivity (Wildman–Crippen MR) is 95.6 cm³/mol. The number of anilines is 1. The molecule has 0 saturated carbocycles. The molecule has 4 heteroatoms. The van der Waals surface area contributed by atoms with Gasteiger partial charge in [-0.1, -0.05) is 60.7 Å². The van der Waals surface area contributed by atoms with Crippen LogP contribution in [0.4, 0.5) is 5.69 Å². The van der Waals surface area contributed by atoms with Gasteiger partial charge in [-0.25, -0.2) is 0 Å². The van der Waals surface area contributed by atoms with E-state index in [1.54, 1.807) is 0 Å². The average Bonchev–Trinajstić information content (AvgIpc) is 2.61. The first-order valence-electron chi connectivity index (χ1n) is 7.80. The maximum absolute atomic E-state index is 12.0. The third kappa shape index (κ3) is 6.08. The summed E-state index contributed by atoms with van der Waals surface area (Å²) in [6.45, 7) is 0. The second kappa shape index (κ2) is 9.30. The fraction of sp³-hybridized carbons (Fsp3) is 0.200. The topological polar surface area (TPSA) is 55.4 Å². The van der Waals surface area contributed by atoms with Crippen molar-refractivity contribution in [1.82, 2.24) is 0 Å². The van der Waals surface area contributed by atoms with E-state index in [0.29, 0.717) is 0 Å². The van der Waals surface area contributed by atoms with Crippen molar-refractivity contribution in [1.29, 1.82) is 0 Å². The Labute approximate surface area is 142 Å². The van der Waals surface area contributed by atoms with E-state index in [-0.39, 0.29) is 24.7 Å². The molecule has 0 saturated heterocycles. The largest absolute Gasteiger partial charge is 0.469 e. The van der Waals surface area contributed by atoms with Gasteiger partial charge in [0.2, 0.25) is 0 Å². The molecule has 0 fully saturated rings. The van der Waals surface area contributed by atoms with Crippen molar-refractivity contribution in [3.63, 3.8) is 0 Å². The molecule has 4 nitrogen and oxygen atoms in total. The first-order chi connectivity index (χ1) is 11.7. The van der Waals surface area contributed by atoms with E-state index in [4.69, 9.17) is 0 Å². The molecule has 0 bridgehead atoms. The SMILES string of the molecule is COC(=O)CC(=O)CC(/C=C/c1ccccc1)Nc1ccccc1. The molecule has 0 aliphatic carbocycles. The van der Waals surface area contributed by atoms with Crippen LogP contribution in [0.1, 0.15) is 18.4 Å². The molecule has 0 spiro atoms. The van der Waals surface area contributed by atoms with Gasteiger partial charge in [-0.15, -0.1) is 0 Å². The molecule has 124 valence electrons. The lowest BCUT2D eigenvalue weighted by atomic mass is 10.1. The molecule has 1 N–H and O–H groups in total. The first-order valence-corrected chi connectivity index (χ1v) is 7.80. The summed E-state index contributed by atoms with van der Waals surface area (Å²) in [5.41, 5.74) is 1.98. The maximum Gasteiger partial charge on any atom is 0.313 e. The van der Waals surface area contributed by atoms with E-state index in [9.17, 15) is 9.59 Å². The molecule has 1 unspecified atom stereocenters. The van der Waals surface area contributed by atoms with Gasteiger partial charge in [0.05, 0.1) is 13.2 Å². The van der Waals surface area contributed by atoms with Crippen molar-refractivity contribution in [2.45, 2.75) is 18.9 Å². The zero-order valence-corrected chi connectivity index (χ0v) is 13.6. The highest BCUT2D eigenvalue weighted by Gasteiger charge is 2.15. The molecule has 24 heavy (non-hydrogen) atoms. The second-order valence-electron chi connectivity index (χ2n) is 5.38. The number of hydrogen-bond acceptors (Lipinski definition) is 4. The maximum atomic E-state index is 12.0. The number of Topliss-reactive ketones (excluding diaryl/α,β-unsaturated/α-hetero) is 1. The number of esters is 1. The van der Waals surface area contributed by atoms with Gasteiger partial charge in [-0.05, 0) is 17.7 Å². The van der Waals surface area contributed by atoms with Crippen molar-refractivity contribution < 1.29 is 14.3 Å². The molecule has 0 heterocycles. The van der Waals surface area contributed by atoms with Crippen LogP contribution in [0.15, 0.2) is 66.7 Å². The highest BCUT2D eigenvalue weighted by atomic mass is 16.5. The van der Waals surface area contributed by atoms with E-state index < -0.39 is 5.97 Å². The minimum Gasteiger partial charge on any atom is -0.469 e. The van der Waals surface area contributed by atoms with E-state index in [1.807, 2.05) is 72.8 Å². The fourth-order valence-corrected chi connectivity index (χ4v) is 2.26. The van der Waals surface area contributed by atoms with E-state index in [1.165, 1.54) is 7.11 Å². The van der Waals surface area contributed by atoms with Gasteiger partial charge in [0.1, 0.15) is 12.2 Å².